The SMILES string of the molecule is NNc1ncc(CSc2nnnn2C2CCCC2)s1. The molecule has 2 aromatic heterocycles. The third-order valence-electron chi connectivity index (χ3n) is 3.15. The Hall–Kier alpha value is -1.19. The van der Waals surface area contributed by atoms with Gasteiger partial charge in [-0.15, -0.1) is 16.4 Å². The summed E-state index contributed by atoms with van der Waals surface area (Å²) in [5.74, 6) is 6.13. The molecule has 3 rings (SSSR count). The Balaban J connectivity index is 1.65. The molecule has 2 heterocycles. The zero-order chi connectivity index (χ0) is 13.1. The number of thioether (sulfide) groups is 1. The summed E-state index contributed by atoms with van der Waals surface area (Å²) in [5.41, 5.74) is 2.55. The number of rotatable bonds is 5. The van der Waals surface area contributed by atoms with Crippen LogP contribution in [0.25, 0.3) is 0 Å². The smallest absolute Gasteiger partial charge is 0.209 e. The van der Waals surface area contributed by atoms with E-state index in [-0.39, 0.29) is 0 Å². The van der Waals surface area contributed by atoms with E-state index in [2.05, 4.69) is 25.9 Å². The first kappa shape index (κ1) is 12.8. The van der Waals surface area contributed by atoms with Gasteiger partial charge in [0, 0.05) is 16.8 Å². The number of anilines is 1. The number of aromatic nitrogens is 5. The Bertz CT molecular complexity index is 531. The van der Waals surface area contributed by atoms with Crippen molar-refractivity contribution in [2.24, 2.45) is 5.84 Å². The molecule has 0 saturated heterocycles. The number of tetrazole rings is 1. The molecule has 0 atom stereocenters. The van der Waals surface area contributed by atoms with Gasteiger partial charge >= 0.3 is 0 Å². The Labute approximate surface area is 118 Å². The van der Waals surface area contributed by atoms with Gasteiger partial charge in [0.2, 0.25) is 5.16 Å². The quantitative estimate of drug-likeness (QED) is 0.494. The number of hydrazine groups is 1. The fourth-order valence-corrected chi connectivity index (χ4v) is 3.92. The Morgan fingerprint density at radius 2 is 2.32 bits per heavy atom. The zero-order valence-corrected chi connectivity index (χ0v) is 12.0. The second-order valence-electron chi connectivity index (χ2n) is 4.41. The second-order valence-corrected chi connectivity index (χ2v) is 6.47. The highest BCUT2D eigenvalue weighted by Gasteiger charge is 2.21. The molecule has 19 heavy (non-hydrogen) atoms. The molecule has 0 bridgehead atoms. The van der Waals surface area contributed by atoms with Crippen LogP contribution in [0.1, 0.15) is 36.6 Å². The lowest BCUT2D eigenvalue weighted by Gasteiger charge is -2.10. The number of nitrogens with two attached hydrogens (primary N) is 1. The molecule has 3 N–H and O–H groups in total. The van der Waals surface area contributed by atoms with E-state index in [0.717, 1.165) is 20.9 Å². The van der Waals surface area contributed by atoms with E-state index in [4.69, 9.17) is 5.84 Å². The van der Waals surface area contributed by atoms with Gasteiger partial charge in [-0.2, -0.15) is 0 Å². The van der Waals surface area contributed by atoms with E-state index in [1.54, 1.807) is 23.1 Å². The first-order valence-electron chi connectivity index (χ1n) is 6.19. The van der Waals surface area contributed by atoms with Crippen LogP contribution in [0.15, 0.2) is 11.4 Å². The first-order valence-corrected chi connectivity index (χ1v) is 7.99. The van der Waals surface area contributed by atoms with E-state index in [1.165, 1.54) is 25.7 Å². The monoisotopic (exact) mass is 297 g/mol. The number of hydrogen-bond donors (Lipinski definition) is 2. The lowest BCUT2D eigenvalue weighted by molar-refractivity contribution is 0.423. The predicted molar refractivity (Wildman–Crippen MR) is 74.8 cm³/mol. The van der Waals surface area contributed by atoms with E-state index in [1.807, 2.05) is 10.9 Å². The van der Waals surface area contributed by atoms with Crippen LogP contribution in [0.2, 0.25) is 0 Å². The van der Waals surface area contributed by atoms with Crippen molar-refractivity contribution >= 4 is 28.2 Å². The largest absolute Gasteiger partial charge is 0.300 e. The predicted octanol–water partition coefficient (Wildman–Crippen LogP) is 1.82. The van der Waals surface area contributed by atoms with Gasteiger partial charge in [0.05, 0.1) is 6.04 Å². The number of nitrogen functional groups attached to an aromatic ring is 1. The van der Waals surface area contributed by atoms with E-state index < -0.39 is 0 Å². The van der Waals surface area contributed by atoms with Gasteiger partial charge in [-0.1, -0.05) is 24.6 Å². The summed E-state index contributed by atoms with van der Waals surface area (Å²) in [4.78, 5) is 5.30. The summed E-state index contributed by atoms with van der Waals surface area (Å²) in [6, 6.07) is 0.472. The molecule has 1 aliphatic rings. The summed E-state index contributed by atoms with van der Waals surface area (Å²) in [7, 11) is 0. The van der Waals surface area contributed by atoms with Crippen molar-refractivity contribution in [2.45, 2.75) is 42.6 Å². The minimum absolute atomic E-state index is 0.472. The maximum Gasteiger partial charge on any atom is 0.209 e. The van der Waals surface area contributed by atoms with Gasteiger partial charge < -0.3 is 0 Å². The van der Waals surface area contributed by atoms with E-state index in [0.29, 0.717) is 6.04 Å². The van der Waals surface area contributed by atoms with Crippen LogP contribution >= 0.6 is 23.1 Å². The molecule has 0 aromatic carbocycles. The Morgan fingerprint density at radius 3 is 3.05 bits per heavy atom. The average Bonchev–Trinajstić information content (AvgIpc) is 3.16. The molecule has 7 nitrogen and oxygen atoms in total. The van der Waals surface area contributed by atoms with Crippen molar-refractivity contribution in [3.8, 4) is 0 Å². The molecule has 1 aliphatic carbocycles. The second kappa shape index (κ2) is 5.85. The van der Waals surface area contributed by atoms with Crippen LogP contribution in [0.4, 0.5) is 5.13 Å². The molecule has 0 radical (unpaired) electrons. The molecular weight excluding hydrogens is 282 g/mol. The third-order valence-corrected chi connectivity index (χ3v) is 5.25. The molecular formula is C10H15N7S2. The Kier molecular flexibility index (Phi) is 3.95. The minimum Gasteiger partial charge on any atom is -0.300 e. The van der Waals surface area contributed by atoms with Gasteiger partial charge in [0.1, 0.15) is 0 Å². The number of thiazole rings is 1. The molecule has 0 amide bonds. The fraction of sp³-hybridized carbons (Fsp3) is 0.600. The summed E-state index contributed by atoms with van der Waals surface area (Å²) >= 11 is 3.19. The number of hydrogen-bond acceptors (Lipinski definition) is 8. The molecule has 0 unspecified atom stereocenters. The lowest BCUT2D eigenvalue weighted by atomic mass is 10.3. The zero-order valence-electron chi connectivity index (χ0n) is 10.3. The number of nitrogens with zero attached hydrogens (tertiary/aromatic N) is 5. The summed E-state index contributed by atoms with van der Waals surface area (Å²) in [6.07, 6.45) is 6.74. The third kappa shape index (κ3) is 2.88. The van der Waals surface area contributed by atoms with Gasteiger partial charge in [-0.05, 0) is 23.3 Å². The molecule has 1 saturated carbocycles. The van der Waals surface area contributed by atoms with Crippen LogP contribution in [0, 0.1) is 0 Å². The minimum atomic E-state index is 0.472. The van der Waals surface area contributed by atoms with E-state index in [9.17, 15) is 0 Å². The van der Waals surface area contributed by atoms with Crippen molar-refractivity contribution in [2.75, 3.05) is 5.43 Å². The van der Waals surface area contributed by atoms with Crippen molar-refractivity contribution in [1.82, 2.24) is 25.2 Å². The summed E-state index contributed by atoms with van der Waals surface area (Å²) in [5, 5.41) is 13.7. The average molecular weight is 297 g/mol. The van der Waals surface area contributed by atoms with Crippen LogP contribution < -0.4 is 11.3 Å². The van der Waals surface area contributed by atoms with Gasteiger partial charge in [0.25, 0.3) is 0 Å². The van der Waals surface area contributed by atoms with Crippen molar-refractivity contribution in [1.29, 1.82) is 0 Å². The van der Waals surface area contributed by atoms with Crippen LogP contribution in [0.5, 0.6) is 0 Å². The molecule has 2 aromatic rings. The molecule has 1 fully saturated rings. The standard InChI is InChI=1S/C10H15N7S2/c11-13-9-12-5-8(19-9)6-18-10-14-15-16-17(10)7-3-1-2-4-7/h5,7H,1-4,6,11H2,(H,12,13). The van der Waals surface area contributed by atoms with E-state index >= 15 is 0 Å². The molecule has 9 heteroatoms. The summed E-state index contributed by atoms with van der Waals surface area (Å²) < 4.78 is 1.97. The Morgan fingerprint density at radius 1 is 1.47 bits per heavy atom. The normalized spacial score (nSPS) is 16.1. The maximum atomic E-state index is 5.32. The fourth-order valence-electron chi connectivity index (χ4n) is 2.24. The number of nitrogens with one attached hydrogen (secondary N) is 1. The van der Waals surface area contributed by atoms with Crippen LogP contribution in [-0.4, -0.2) is 25.2 Å². The van der Waals surface area contributed by atoms with Gasteiger partial charge in [-0.3, -0.25) is 5.43 Å². The van der Waals surface area contributed by atoms with Crippen LogP contribution in [0.3, 0.4) is 0 Å². The molecule has 102 valence electrons. The highest BCUT2D eigenvalue weighted by atomic mass is 32.2. The maximum absolute atomic E-state index is 5.32. The summed E-state index contributed by atoms with van der Waals surface area (Å²) in [6.45, 7) is 0. The topological polar surface area (TPSA) is 94.5 Å². The van der Waals surface area contributed by atoms with Crippen molar-refractivity contribution in [3.05, 3.63) is 11.1 Å². The first-order chi connectivity index (χ1) is 9.36. The molecule has 0 spiro atoms. The van der Waals surface area contributed by atoms with Crippen LogP contribution in [-0.2, 0) is 5.75 Å². The molecule has 0 aliphatic heterocycles. The van der Waals surface area contributed by atoms with Gasteiger partial charge in [-0.25, -0.2) is 15.5 Å². The van der Waals surface area contributed by atoms with Gasteiger partial charge in [0.15, 0.2) is 5.13 Å². The van der Waals surface area contributed by atoms with Crippen molar-refractivity contribution in [3.63, 3.8) is 0 Å². The highest BCUT2D eigenvalue weighted by Crippen LogP contribution is 2.32. The van der Waals surface area contributed by atoms with Crippen molar-refractivity contribution < 1.29 is 0 Å². The lowest BCUT2D eigenvalue weighted by Crippen LogP contribution is -2.08. The highest BCUT2D eigenvalue weighted by molar-refractivity contribution is 7.98.